The quantitative estimate of drug-likeness (QED) is 0.693. The maximum atomic E-state index is 12.5. The van der Waals surface area contributed by atoms with Crippen LogP contribution in [0.25, 0.3) is 0 Å². The van der Waals surface area contributed by atoms with E-state index in [9.17, 15) is 9.59 Å². The van der Waals surface area contributed by atoms with Crippen LogP contribution >= 0.6 is 0 Å². The Morgan fingerprint density at radius 2 is 1.55 bits per heavy atom. The first-order chi connectivity index (χ1) is 13.8. The third-order valence-corrected chi connectivity index (χ3v) is 4.38. The lowest BCUT2D eigenvalue weighted by Crippen LogP contribution is -2.25. The van der Waals surface area contributed by atoms with Gasteiger partial charge in [-0.1, -0.05) is 45.0 Å². The van der Waals surface area contributed by atoms with Crippen molar-refractivity contribution in [2.45, 2.75) is 32.7 Å². The van der Waals surface area contributed by atoms with Crippen LogP contribution in [0.4, 0.5) is 5.69 Å². The minimum atomic E-state index is -0.368. The summed E-state index contributed by atoms with van der Waals surface area (Å²) in [6.07, 6.45) is 1.67. The number of amides is 2. The van der Waals surface area contributed by atoms with Gasteiger partial charge in [-0.05, 0) is 47.4 Å². The summed E-state index contributed by atoms with van der Waals surface area (Å²) >= 11 is 0. The number of nitrogens with zero attached hydrogens (tertiary/aromatic N) is 2. The Balaban J connectivity index is 1.65. The molecule has 0 saturated carbocycles. The minimum absolute atomic E-state index is 0.0427. The van der Waals surface area contributed by atoms with Crippen LogP contribution in [0.2, 0.25) is 0 Å². The van der Waals surface area contributed by atoms with Gasteiger partial charge in [0.05, 0.1) is 12.2 Å². The lowest BCUT2D eigenvalue weighted by molar-refractivity contribution is 0.0945. The zero-order chi connectivity index (χ0) is 20.9. The highest BCUT2D eigenvalue weighted by Gasteiger charge is 2.15. The van der Waals surface area contributed by atoms with Crippen molar-refractivity contribution >= 4 is 17.5 Å². The Hall–Kier alpha value is -3.54. The van der Waals surface area contributed by atoms with Crippen LogP contribution in [-0.2, 0) is 12.0 Å². The number of benzene rings is 1. The van der Waals surface area contributed by atoms with Crippen molar-refractivity contribution in [2.24, 2.45) is 0 Å². The minimum Gasteiger partial charge on any atom is -0.345 e. The number of pyridine rings is 2. The van der Waals surface area contributed by atoms with E-state index in [2.05, 4.69) is 41.4 Å². The number of rotatable bonds is 5. The molecule has 2 heterocycles. The predicted octanol–water partition coefficient (Wildman–Crippen LogP) is 3.96. The second-order valence-corrected chi connectivity index (χ2v) is 7.69. The van der Waals surface area contributed by atoms with E-state index >= 15 is 0 Å². The van der Waals surface area contributed by atoms with Crippen molar-refractivity contribution in [3.63, 3.8) is 0 Å². The molecule has 0 bridgehead atoms. The third kappa shape index (κ3) is 5.48. The maximum absolute atomic E-state index is 12.5. The molecule has 29 heavy (non-hydrogen) atoms. The lowest BCUT2D eigenvalue weighted by Gasteiger charge is -2.19. The van der Waals surface area contributed by atoms with Gasteiger partial charge in [-0.3, -0.25) is 14.6 Å². The molecule has 2 amide bonds. The highest BCUT2D eigenvalue weighted by atomic mass is 16.2. The molecule has 1 aromatic carbocycles. The van der Waals surface area contributed by atoms with Gasteiger partial charge < -0.3 is 10.6 Å². The summed E-state index contributed by atoms with van der Waals surface area (Å²) in [7, 11) is 0. The molecule has 2 aromatic heterocycles. The van der Waals surface area contributed by atoms with Crippen molar-refractivity contribution in [1.82, 2.24) is 15.3 Å². The molecule has 0 radical (unpaired) electrons. The molecular formula is C23H24N4O2. The number of anilines is 1. The largest absolute Gasteiger partial charge is 0.345 e. The number of aromatic nitrogens is 2. The van der Waals surface area contributed by atoms with E-state index in [1.54, 1.807) is 24.4 Å². The first-order valence-corrected chi connectivity index (χ1v) is 9.40. The van der Waals surface area contributed by atoms with Gasteiger partial charge in [-0.15, -0.1) is 0 Å². The first kappa shape index (κ1) is 20.2. The van der Waals surface area contributed by atoms with Crippen LogP contribution in [0.1, 0.15) is 53.0 Å². The van der Waals surface area contributed by atoms with Gasteiger partial charge in [0.15, 0.2) is 0 Å². The summed E-state index contributed by atoms with van der Waals surface area (Å²) in [5, 5.41) is 5.57. The lowest BCUT2D eigenvalue weighted by atomic mass is 9.87. The normalized spacial score (nSPS) is 11.0. The number of carbonyl (C=O) groups excluding carboxylic acids is 2. The van der Waals surface area contributed by atoms with Gasteiger partial charge in [0.1, 0.15) is 11.4 Å². The smallest absolute Gasteiger partial charge is 0.274 e. The highest BCUT2D eigenvalue weighted by Crippen LogP contribution is 2.23. The molecule has 6 heteroatoms. The van der Waals surface area contributed by atoms with E-state index in [4.69, 9.17) is 0 Å². The standard InChI is InChI=1S/C23H24N4O2/c1-23(2,3)16-10-12-17(13-11-16)26-22(29)20-9-6-8-19(27-20)21(28)25-15-18-7-4-5-14-24-18/h4-14H,15H2,1-3H3,(H,25,28)(H,26,29). The van der Waals surface area contributed by atoms with E-state index in [1.807, 2.05) is 42.5 Å². The Morgan fingerprint density at radius 1 is 0.862 bits per heavy atom. The predicted molar refractivity (Wildman–Crippen MR) is 113 cm³/mol. The summed E-state index contributed by atoms with van der Waals surface area (Å²) in [5.74, 6) is -0.729. The second-order valence-electron chi connectivity index (χ2n) is 7.69. The van der Waals surface area contributed by atoms with Crippen LogP contribution in [0.15, 0.2) is 66.9 Å². The second kappa shape index (κ2) is 8.65. The SMILES string of the molecule is CC(C)(C)c1ccc(NC(=O)c2cccc(C(=O)NCc3ccccn3)n2)cc1. The van der Waals surface area contributed by atoms with E-state index in [1.165, 1.54) is 5.56 Å². The molecule has 3 aromatic rings. The van der Waals surface area contributed by atoms with Crippen LogP contribution in [0.5, 0.6) is 0 Å². The fourth-order valence-corrected chi connectivity index (χ4v) is 2.70. The van der Waals surface area contributed by atoms with Crippen LogP contribution in [0, 0.1) is 0 Å². The summed E-state index contributed by atoms with van der Waals surface area (Å²) in [4.78, 5) is 33.2. The summed E-state index contributed by atoms with van der Waals surface area (Å²) < 4.78 is 0. The number of carbonyl (C=O) groups is 2. The number of hydrogen-bond donors (Lipinski definition) is 2. The Bertz CT molecular complexity index is 993. The van der Waals surface area contributed by atoms with Crippen LogP contribution in [-0.4, -0.2) is 21.8 Å². The van der Waals surface area contributed by atoms with Gasteiger partial charge in [-0.2, -0.15) is 0 Å². The molecule has 6 nitrogen and oxygen atoms in total. The number of nitrogens with one attached hydrogen (secondary N) is 2. The van der Waals surface area contributed by atoms with Crippen LogP contribution < -0.4 is 10.6 Å². The maximum Gasteiger partial charge on any atom is 0.274 e. The molecule has 0 unspecified atom stereocenters. The van der Waals surface area contributed by atoms with Crippen molar-refractivity contribution in [1.29, 1.82) is 0 Å². The van der Waals surface area contributed by atoms with Gasteiger partial charge in [0, 0.05) is 11.9 Å². The molecule has 0 aliphatic rings. The van der Waals surface area contributed by atoms with Gasteiger partial charge in [0.2, 0.25) is 0 Å². The van der Waals surface area contributed by atoms with Gasteiger partial charge in [0.25, 0.3) is 11.8 Å². The van der Waals surface area contributed by atoms with Crippen molar-refractivity contribution < 1.29 is 9.59 Å². The topological polar surface area (TPSA) is 84.0 Å². The number of hydrogen-bond acceptors (Lipinski definition) is 4. The summed E-state index contributed by atoms with van der Waals surface area (Å²) in [6, 6.07) is 18.0. The Morgan fingerprint density at radius 3 is 2.17 bits per heavy atom. The van der Waals surface area contributed by atoms with Crippen molar-refractivity contribution in [3.8, 4) is 0 Å². The molecule has 0 aliphatic carbocycles. The van der Waals surface area contributed by atoms with Crippen molar-refractivity contribution in [3.05, 3.63) is 89.5 Å². The first-order valence-electron chi connectivity index (χ1n) is 9.40. The third-order valence-electron chi connectivity index (χ3n) is 4.38. The zero-order valence-corrected chi connectivity index (χ0v) is 16.8. The van der Waals surface area contributed by atoms with E-state index < -0.39 is 0 Å². The highest BCUT2D eigenvalue weighted by molar-refractivity contribution is 6.03. The molecule has 0 saturated heterocycles. The summed E-state index contributed by atoms with van der Waals surface area (Å²) in [5.41, 5.74) is 3.00. The van der Waals surface area contributed by atoms with Gasteiger partial charge >= 0.3 is 0 Å². The summed E-state index contributed by atoms with van der Waals surface area (Å²) in [6.45, 7) is 6.69. The average molecular weight is 388 g/mol. The fourth-order valence-electron chi connectivity index (χ4n) is 2.70. The van der Waals surface area contributed by atoms with E-state index in [0.717, 1.165) is 5.69 Å². The van der Waals surface area contributed by atoms with Crippen molar-refractivity contribution in [2.75, 3.05) is 5.32 Å². The zero-order valence-electron chi connectivity index (χ0n) is 16.8. The molecule has 3 rings (SSSR count). The molecule has 0 aliphatic heterocycles. The molecule has 0 fully saturated rings. The van der Waals surface area contributed by atoms with E-state index in [0.29, 0.717) is 5.69 Å². The molecule has 0 spiro atoms. The molecule has 148 valence electrons. The van der Waals surface area contributed by atoms with Gasteiger partial charge in [-0.25, -0.2) is 4.98 Å². The van der Waals surface area contributed by atoms with Crippen LogP contribution in [0.3, 0.4) is 0 Å². The fraction of sp³-hybridized carbons (Fsp3) is 0.217. The average Bonchev–Trinajstić information content (AvgIpc) is 2.72. The monoisotopic (exact) mass is 388 g/mol. The molecular weight excluding hydrogens is 364 g/mol. The molecule has 0 atom stereocenters. The van der Waals surface area contributed by atoms with E-state index in [-0.39, 0.29) is 35.2 Å². The Kier molecular flexibility index (Phi) is 6.02. The molecule has 2 N–H and O–H groups in total. The Labute approximate surface area is 170 Å².